The van der Waals surface area contributed by atoms with E-state index in [2.05, 4.69) is 9.88 Å². The van der Waals surface area contributed by atoms with Crippen LogP contribution < -0.4 is 4.90 Å². The lowest BCUT2D eigenvalue weighted by atomic mass is 9.90. The lowest BCUT2D eigenvalue weighted by Crippen LogP contribution is -2.51. The van der Waals surface area contributed by atoms with Gasteiger partial charge in [0.05, 0.1) is 17.2 Å². The summed E-state index contributed by atoms with van der Waals surface area (Å²) in [5.41, 5.74) is -2.93. The molecule has 0 N–H and O–H groups in total. The summed E-state index contributed by atoms with van der Waals surface area (Å²) >= 11 is 6.25. The third-order valence-corrected chi connectivity index (χ3v) is 7.12. The molecule has 4 rings (SSSR count). The van der Waals surface area contributed by atoms with Crippen molar-refractivity contribution >= 4 is 52.0 Å². The molecule has 0 aliphatic carbocycles. The average molecular weight is 508 g/mol. The summed E-state index contributed by atoms with van der Waals surface area (Å²) in [6.07, 6.45) is 2.00. The maximum atomic E-state index is 12.7. The summed E-state index contributed by atoms with van der Waals surface area (Å²) in [6, 6.07) is 12.3. The van der Waals surface area contributed by atoms with Crippen LogP contribution in [0, 0.1) is 0 Å². The normalized spacial score (nSPS) is 18.4. The molecule has 1 saturated heterocycles. The average Bonchev–Trinajstić information content (AvgIpc) is 3.03. The van der Waals surface area contributed by atoms with Crippen LogP contribution in [0.2, 0.25) is 5.02 Å². The number of rotatable bonds is 6. The highest BCUT2D eigenvalue weighted by Crippen LogP contribution is 2.40. The molecule has 2 aromatic carbocycles. The van der Waals surface area contributed by atoms with Crippen LogP contribution in [0.3, 0.4) is 0 Å². The van der Waals surface area contributed by atoms with Crippen LogP contribution in [0.1, 0.15) is 19.4 Å². The zero-order valence-electron chi connectivity index (χ0n) is 18.3. The fraction of sp³-hybridized carbons (Fsp3) is 0.292. The highest BCUT2D eigenvalue weighted by Gasteiger charge is 2.50. The molecule has 1 aliphatic rings. The summed E-state index contributed by atoms with van der Waals surface area (Å²) in [4.78, 5) is 32.4. The summed E-state index contributed by atoms with van der Waals surface area (Å²) in [7, 11) is 0. The number of Topliss-reactive ketones (excluding diaryl/α,β-unsaturated/α-hetero) is 1. The zero-order valence-corrected chi connectivity index (χ0v) is 19.9. The van der Waals surface area contributed by atoms with Gasteiger partial charge in [0.15, 0.2) is 6.29 Å². The van der Waals surface area contributed by atoms with E-state index < -0.39 is 22.9 Å². The second-order valence-electron chi connectivity index (χ2n) is 8.53. The van der Waals surface area contributed by atoms with E-state index in [1.165, 1.54) is 24.3 Å². The number of halogens is 4. The van der Waals surface area contributed by atoms with Crippen molar-refractivity contribution in [2.45, 2.75) is 42.4 Å². The summed E-state index contributed by atoms with van der Waals surface area (Å²) in [5, 5.41) is 1.38. The number of anilines is 1. The molecule has 0 saturated carbocycles. The van der Waals surface area contributed by atoms with Crippen LogP contribution in [0.15, 0.2) is 59.6 Å². The molecule has 1 atom stereocenters. The molecule has 0 amide bonds. The molecule has 1 aliphatic heterocycles. The predicted octanol–water partition coefficient (Wildman–Crippen LogP) is 5.70. The molecular weight excluding hydrogens is 487 g/mol. The number of carbonyl (C=O) groups is 2. The number of pyridine rings is 1. The quantitative estimate of drug-likeness (QED) is 0.242. The Morgan fingerprint density at radius 1 is 1.21 bits per heavy atom. The van der Waals surface area contributed by atoms with Crippen molar-refractivity contribution in [1.29, 1.82) is 0 Å². The number of fused-ring (bicyclic) bond motifs is 1. The topological polar surface area (TPSA) is 53.5 Å². The van der Waals surface area contributed by atoms with Crippen molar-refractivity contribution in [3.63, 3.8) is 0 Å². The Balaban J connectivity index is 1.69. The Hall–Kier alpha value is -2.62. The summed E-state index contributed by atoms with van der Waals surface area (Å²) in [6.45, 7) is 4.46. The van der Waals surface area contributed by atoms with Crippen molar-refractivity contribution in [3.8, 4) is 0 Å². The van der Waals surface area contributed by atoms with Gasteiger partial charge in [0.1, 0.15) is 6.04 Å². The zero-order chi connectivity index (χ0) is 24.7. The van der Waals surface area contributed by atoms with Crippen molar-refractivity contribution in [2.24, 2.45) is 0 Å². The lowest BCUT2D eigenvalue weighted by molar-refractivity contribution is -0.131. The van der Waals surface area contributed by atoms with E-state index in [-0.39, 0.29) is 23.3 Å². The van der Waals surface area contributed by atoms with Gasteiger partial charge in [0.25, 0.3) is 0 Å². The van der Waals surface area contributed by atoms with Crippen LogP contribution in [0.4, 0.5) is 18.9 Å². The SMILES string of the molecule is CC1(C)C(C(=O)C=O)N(c2ccc(SC(F)(F)F)cc2)CN1Cc1ccnc2cccc(Cl)c12. The number of aldehydes is 1. The van der Waals surface area contributed by atoms with Crippen LogP contribution in [0.25, 0.3) is 10.9 Å². The Morgan fingerprint density at radius 3 is 2.56 bits per heavy atom. The molecule has 34 heavy (non-hydrogen) atoms. The van der Waals surface area contributed by atoms with Gasteiger partial charge in [-0.25, -0.2) is 0 Å². The maximum Gasteiger partial charge on any atom is 0.446 e. The molecule has 0 spiro atoms. The van der Waals surface area contributed by atoms with Crippen LogP contribution in [-0.2, 0) is 16.1 Å². The molecule has 1 unspecified atom stereocenters. The predicted molar refractivity (Wildman–Crippen MR) is 127 cm³/mol. The summed E-state index contributed by atoms with van der Waals surface area (Å²) < 4.78 is 38.1. The number of ketones is 1. The minimum absolute atomic E-state index is 0.0442. The van der Waals surface area contributed by atoms with E-state index in [4.69, 9.17) is 11.6 Å². The molecule has 0 radical (unpaired) electrons. The third-order valence-electron chi connectivity index (χ3n) is 6.07. The first kappa shape index (κ1) is 24.5. The van der Waals surface area contributed by atoms with Crippen molar-refractivity contribution in [1.82, 2.24) is 9.88 Å². The monoisotopic (exact) mass is 507 g/mol. The number of benzene rings is 2. The number of thioether (sulfide) groups is 1. The third kappa shape index (κ3) is 4.78. The number of aromatic nitrogens is 1. The summed E-state index contributed by atoms with van der Waals surface area (Å²) in [5.74, 6) is -0.598. The van der Waals surface area contributed by atoms with Gasteiger partial charge in [-0.05, 0) is 73.6 Å². The molecule has 0 bridgehead atoms. The Bertz CT molecular complexity index is 1230. The van der Waals surface area contributed by atoms with E-state index in [0.29, 0.717) is 23.5 Å². The molecule has 178 valence electrons. The van der Waals surface area contributed by atoms with Crippen molar-refractivity contribution in [3.05, 3.63) is 65.3 Å². The molecule has 1 fully saturated rings. The number of hydrogen-bond donors (Lipinski definition) is 0. The van der Waals surface area contributed by atoms with E-state index >= 15 is 0 Å². The Morgan fingerprint density at radius 2 is 1.91 bits per heavy atom. The van der Waals surface area contributed by atoms with Gasteiger partial charge in [-0.15, -0.1) is 0 Å². The number of carbonyl (C=O) groups excluding carboxylic acids is 2. The largest absolute Gasteiger partial charge is 0.446 e. The molecule has 5 nitrogen and oxygen atoms in total. The fourth-order valence-electron chi connectivity index (χ4n) is 4.46. The first-order valence-corrected chi connectivity index (χ1v) is 11.6. The van der Waals surface area contributed by atoms with Crippen LogP contribution in [0.5, 0.6) is 0 Å². The van der Waals surface area contributed by atoms with E-state index in [1.807, 2.05) is 32.0 Å². The second kappa shape index (κ2) is 9.20. The van der Waals surface area contributed by atoms with Gasteiger partial charge >= 0.3 is 5.51 Å². The Labute approximate surface area is 203 Å². The molecule has 2 heterocycles. The first-order valence-electron chi connectivity index (χ1n) is 10.4. The van der Waals surface area contributed by atoms with Gasteiger partial charge in [-0.1, -0.05) is 17.7 Å². The van der Waals surface area contributed by atoms with Gasteiger partial charge in [0.2, 0.25) is 5.78 Å². The lowest BCUT2D eigenvalue weighted by Gasteiger charge is -2.34. The molecule has 1 aromatic heterocycles. The Kier molecular flexibility index (Phi) is 6.63. The molecule has 10 heteroatoms. The van der Waals surface area contributed by atoms with E-state index in [9.17, 15) is 22.8 Å². The van der Waals surface area contributed by atoms with Gasteiger partial charge < -0.3 is 4.90 Å². The second-order valence-corrected chi connectivity index (χ2v) is 10.1. The van der Waals surface area contributed by atoms with Gasteiger partial charge in [-0.3, -0.25) is 19.5 Å². The number of hydrogen-bond acceptors (Lipinski definition) is 6. The van der Waals surface area contributed by atoms with Crippen LogP contribution >= 0.6 is 23.4 Å². The van der Waals surface area contributed by atoms with Gasteiger partial charge in [-0.2, -0.15) is 13.2 Å². The number of nitrogens with zero attached hydrogens (tertiary/aromatic N) is 3. The number of alkyl halides is 3. The minimum Gasteiger partial charge on any atom is -0.346 e. The van der Waals surface area contributed by atoms with Crippen LogP contribution in [-0.4, -0.2) is 45.7 Å². The smallest absolute Gasteiger partial charge is 0.346 e. The highest BCUT2D eigenvalue weighted by atomic mass is 35.5. The van der Waals surface area contributed by atoms with Crippen molar-refractivity contribution < 1.29 is 22.8 Å². The first-order chi connectivity index (χ1) is 16.0. The fourth-order valence-corrected chi connectivity index (χ4v) is 5.29. The van der Waals surface area contributed by atoms with Gasteiger partial charge in [0, 0.05) is 34.2 Å². The standard InChI is InChI=1S/C24H21ClF3N3O2S/c1-23(2)22(20(33)13-32)31(16-6-8-17(9-7-16)34-24(26,27)28)14-30(23)12-15-10-11-29-19-5-3-4-18(25)21(15)19/h3-11,13,22H,12,14H2,1-2H3. The molecular formula is C24H21ClF3N3O2S. The highest BCUT2D eigenvalue weighted by molar-refractivity contribution is 8.00. The van der Waals surface area contributed by atoms with E-state index in [1.54, 1.807) is 17.2 Å². The molecule has 3 aromatic rings. The van der Waals surface area contributed by atoms with E-state index in [0.717, 1.165) is 16.5 Å². The minimum atomic E-state index is -4.39. The van der Waals surface area contributed by atoms with Crippen molar-refractivity contribution in [2.75, 3.05) is 11.6 Å². The maximum absolute atomic E-state index is 12.7.